The molecule has 3 nitrogen and oxygen atoms in total. The van der Waals surface area contributed by atoms with Crippen molar-refractivity contribution in [1.29, 1.82) is 0 Å². The summed E-state index contributed by atoms with van der Waals surface area (Å²) in [6.07, 6.45) is 5.19. The molecule has 106 valence electrons. The number of nitrogens with zero attached hydrogens (tertiary/aromatic N) is 1. The van der Waals surface area contributed by atoms with Crippen LogP contribution in [0.1, 0.15) is 59.8 Å². The summed E-state index contributed by atoms with van der Waals surface area (Å²) in [5.74, 6) is 0.966. The summed E-state index contributed by atoms with van der Waals surface area (Å²) >= 11 is 0. The maximum absolute atomic E-state index is 12.8. The second kappa shape index (κ2) is 6.55. The molecule has 1 unspecified atom stereocenters. The predicted octanol–water partition coefficient (Wildman–Crippen LogP) is 2.79. The summed E-state index contributed by atoms with van der Waals surface area (Å²) in [5.41, 5.74) is 5.65. The topological polar surface area (TPSA) is 46.3 Å². The lowest BCUT2D eigenvalue weighted by Gasteiger charge is -2.48. The van der Waals surface area contributed by atoms with Gasteiger partial charge in [-0.05, 0) is 38.5 Å². The van der Waals surface area contributed by atoms with E-state index in [9.17, 15) is 4.79 Å². The first-order valence-electron chi connectivity index (χ1n) is 7.51. The molecule has 0 heterocycles. The Labute approximate surface area is 112 Å². The van der Waals surface area contributed by atoms with Crippen LogP contribution in [0.2, 0.25) is 0 Å². The van der Waals surface area contributed by atoms with E-state index in [4.69, 9.17) is 5.73 Å². The van der Waals surface area contributed by atoms with E-state index < -0.39 is 0 Å². The van der Waals surface area contributed by atoms with Gasteiger partial charge in [0, 0.05) is 19.1 Å². The van der Waals surface area contributed by atoms with Crippen LogP contribution in [0, 0.1) is 11.3 Å². The molecule has 18 heavy (non-hydrogen) atoms. The van der Waals surface area contributed by atoms with Gasteiger partial charge >= 0.3 is 0 Å². The number of carbonyl (C=O) groups is 1. The third-order valence-electron chi connectivity index (χ3n) is 4.46. The van der Waals surface area contributed by atoms with Crippen LogP contribution in [0.3, 0.4) is 0 Å². The Kier molecular flexibility index (Phi) is 5.64. The van der Waals surface area contributed by atoms with Crippen LogP contribution in [-0.4, -0.2) is 29.9 Å². The molecule has 0 spiro atoms. The third kappa shape index (κ3) is 3.05. The maximum atomic E-state index is 12.8. The van der Waals surface area contributed by atoms with Gasteiger partial charge in [0.15, 0.2) is 0 Å². The Balaban J connectivity index is 2.74. The van der Waals surface area contributed by atoms with Crippen LogP contribution in [0.4, 0.5) is 0 Å². The van der Waals surface area contributed by atoms with Crippen molar-refractivity contribution in [3.05, 3.63) is 0 Å². The zero-order valence-corrected chi connectivity index (χ0v) is 12.5. The molecule has 0 saturated heterocycles. The second-order valence-corrected chi connectivity index (χ2v) is 6.11. The van der Waals surface area contributed by atoms with Crippen molar-refractivity contribution in [2.24, 2.45) is 17.1 Å². The molecule has 1 rings (SSSR count). The first-order valence-corrected chi connectivity index (χ1v) is 7.51. The number of nitrogens with two attached hydrogens (primary N) is 1. The van der Waals surface area contributed by atoms with Gasteiger partial charge < -0.3 is 10.6 Å². The first-order chi connectivity index (χ1) is 8.50. The molecule has 0 bridgehead atoms. The first kappa shape index (κ1) is 15.5. The number of unbranched alkanes of at least 4 members (excludes halogenated alkanes) is 1. The highest BCUT2D eigenvalue weighted by Crippen LogP contribution is 2.46. The van der Waals surface area contributed by atoms with E-state index in [0.717, 1.165) is 38.6 Å². The minimum Gasteiger partial charge on any atom is -0.339 e. The molecule has 1 amide bonds. The molecule has 0 aromatic heterocycles. The van der Waals surface area contributed by atoms with Gasteiger partial charge in [0.05, 0.1) is 5.41 Å². The Hall–Kier alpha value is -0.570. The van der Waals surface area contributed by atoms with Gasteiger partial charge in [-0.2, -0.15) is 0 Å². The summed E-state index contributed by atoms with van der Waals surface area (Å²) in [7, 11) is 0. The van der Waals surface area contributed by atoms with Crippen molar-refractivity contribution in [2.45, 2.75) is 65.8 Å². The fourth-order valence-electron chi connectivity index (χ4n) is 3.08. The maximum Gasteiger partial charge on any atom is 0.230 e. The normalized spacial score (nSPS) is 28.6. The number of amides is 1. The predicted molar refractivity (Wildman–Crippen MR) is 76.3 cm³/mol. The standard InChI is InChI=1S/C15H30N2O/c1-5-7-8-17(13(4)6-2)14(18)15(11-16)9-12(3)10-15/h12-13H,5-11,16H2,1-4H3. The zero-order chi connectivity index (χ0) is 13.8. The van der Waals surface area contributed by atoms with Crippen molar-refractivity contribution in [3.63, 3.8) is 0 Å². The lowest BCUT2D eigenvalue weighted by Crippen LogP contribution is -2.56. The van der Waals surface area contributed by atoms with Crippen molar-refractivity contribution in [3.8, 4) is 0 Å². The third-order valence-corrected chi connectivity index (χ3v) is 4.46. The van der Waals surface area contributed by atoms with Gasteiger partial charge in [-0.25, -0.2) is 0 Å². The Morgan fingerprint density at radius 3 is 2.44 bits per heavy atom. The van der Waals surface area contributed by atoms with E-state index in [0.29, 0.717) is 24.4 Å². The second-order valence-electron chi connectivity index (χ2n) is 6.11. The van der Waals surface area contributed by atoms with Gasteiger partial charge in [0.2, 0.25) is 5.91 Å². The number of hydrogen-bond donors (Lipinski definition) is 1. The Morgan fingerprint density at radius 1 is 1.44 bits per heavy atom. The summed E-state index contributed by atoms with van der Waals surface area (Å²) in [6, 6.07) is 0.336. The van der Waals surface area contributed by atoms with Crippen LogP contribution in [0.5, 0.6) is 0 Å². The molecule has 0 aliphatic heterocycles. The summed E-state index contributed by atoms with van der Waals surface area (Å²) in [6.45, 7) is 10.1. The van der Waals surface area contributed by atoms with Gasteiger partial charge in [-0.3, -0.25) is 4.79 Å². The van der Waals surface area contributed by atoms with Crippen LogP contribution in [-0.2, 0) is 4.79 Å². The molecular weight excluding hydrogens is 224 g/mol. The Bertz CT molecular complexity index is 272. The highest BCUT2D eigenvalue weighted by atomic mass is 16.2. The lowest BCUT2D eigenvalue weighted by atomic mass is 9.61. The van der Waals surface area contributed by atoms with E-state index >= 15 is 0 Å². The summed E-state index contributed by atoms with van der Waals surface area (Å²) < 4.78 is 0. The van der Waals surface area contributed by atoms with E-state index in [1.165, 1.54) is 0 Å². The molecule has 0 radical (unpaired) electrons. The van der Waals surface area contributed by atoms with Gasteiger partial charge in [0.25, 0.3) is 0 Å². The zero-order valence-electron chi connectivity index (χ0n) is 12.5. The molecule has 0 aromatic rings. The van der Waals surface area contributed by atoms with Crippen molar-refractivity contribution in [2.75, 3.05) is 13.1 Å². The SMILES string of the molecule is CCCCN(C(=O)C1(CN)CC(C)C1)C(C)CC. The highest BCUT2D eigenvalue weighted by Gasteiger charge is 2.49. The van der Waals surface area contributed by atoms with Gasteiger partial charge in [-0.1, -0.05) is 27.2 Å². The minimum atomic E-state index is -0.239. The summed E-state index contributed by atoms with van der Waals surface area (Å²) in [5, 5.41) is 0. The molecule has 1 saturated carbocycles. The number of rotatable bonds is 7. The van der Waals surface area contributed by atoms with E-state index in [-0.39, 0.29) is 5.41 Å². The van der Waals surface area contributed by atoms with Gasteiger partial charge in [-0.15, -0.1) is 0 Å². The van der Waals surface area contributed by atoms with Crippen molar-refractivity contribution in [1.82, 2.24) is 4.90 Å². The van der Waals surface area contributed by atoms with Crippen LogP contribution >= 0.6 is 0 Å². The summed E-state index contributed by atoms with van der Waals surface area (Å²) in [4.78, 5) is 14.9. The van der Waals surface area contributed by atoms with Crippen LogP contribution < -0.4 is 5.73 Å². The van der Waals surface area contributed by atoms with E-state index in [1.54, 1.807) is 0 Å². The average Bonchev–Trinajstić information content (AvgIpc) is 2.34. The monoisotopic (exact) mass is 254 g/mol. The number of hydrogen-bond acceptors (Lipinski definition) is 2. The molecule has 0 aromatic carbocycles. The molecule has 1 aliphatic carbocycles. The fraction of sp³-hybridized carbons (Fsp3) is 0.933. The minimum absolute atomic E-state index is 0.239. The van der Waals surface area contributed by atoms with Crippen LogP contribution in [0.25, 0.3) is 0 Å². The number of carbonyl (C=O) groups excluding carboxylic acids is 1. The average molecular weight is 254 g/mol. The quantitative estimate of drug-likeness (QED) is 0.759. The molecule has 2 N–H and O–H groups in total. The lowest BCUT2D eigenvalue weighted by molar-refractivity contribution is -0.152. The van der Waals surface area contributed by atoms with Crippen molar-refractivity contribution >= 4 is 5.91 Å². The van der Waals surface area contributed by atoms with Crippen LogP contribution in [0.15, 0.2) is 0 Å². The molecule has 1 atom stereocenters. The highest BCUT2D eigenvalue weighted by molar-refractivity contribution is 5.84. The van der Waals surface area contributed by atoms with Crippen molar-refractivity contribution < 1.29 is 4.79 Å². The fourth-order valence-corrected chi connectivity index (χ4v) is 3.08. The largest absolute Gasteiger partial charge is 0.339 e. The molecular formula is C15H30N2O. The molecule has 1 fully saturated rings. The smallest absolute Gasteiger partial charge is 0.230 e. The molecule has 3 heteroatoms. The van der Waals surface area contributed by atoms with E-state index in [1.807, 2.05) is 0 Å². The molecule has 1 aliphatic rings. The van der Waals surface area contributed by atoms with E-state index in [2.05, 4.69) is 32.6 Å². The van der Waals surface area contributed by atoms with Gasteiger partial charge in [0.1, 0.15) is 0 Å². The Morgan fingerprint density at radius 2 is 2.06 bits per heavy atom.